The van der Waals surface area contributed by atoms with Gasteiger partial charge >= 0.3 is 47.0 Å². The van der Waals surface area contributed by atoms with Crippen LogP contribution in [0.3, 0.4) is 0 Å². The number of aromatic nitrogens is 12. The summed E-state index contributed by atoms with van der Waals surface area (Å²) < 4.78 is 28.2. The Balaban J connectivity index is -0.000000398. The molecule has 0 fully saturated rings. The van der Waals surface area contributed by atoms with E-state index in [4.69, 9.17) is 74.4 Å². The number of esters is 6. The molecule has 2 amide bonds. The summed E-state index contributed by atoms with van der Waals surface area (Å²) in [6, 6.07) is 10.5. The van der Waals surface area contributed by atoms with E-state index in [2.05, 4.69) is 168 Å². The number of nitrogens with zero attached hydrogens (tertiary/aromatic N) is 12. The Morgan fingerprint density at radius 1 is 0.558 bits per heavy atom. The lowest BCUT2D eigenvalue weighted by atomic mass is 10.1. The fourth-order valence-electron chi connectivity index (χ4n) is 5.65. The molecule has 614 valence electrons. The van der Waals surface area contributed by atoms with Crippen molar-refractivity contribution in [2.75, 3.05) is 63.9 Å². The molecule has 0 aliphatic carbocycles. The van der Waals surface area contributed by atoms with E-state index in [1.165, 1.54) is 57.0 Å². The molecular formula is C64H84ClIN20O17P2S8. The third-order valence-electron chi connectivity index (χ3n) is 10.4. The van der Waals surface area contributed by atoms with Crippen molar-refractivity contribution in [3.05, 3.63) is 81.5 Å². The minimum atomic E-state index is -1.08. The van der Waals surface area contributed by atoms with Crippen LogP contribution in [0.4, 0.5) is 17.5 Å². The van der Waals surface area contributed by atoms with E-state index in [9.17, 15) is 47.9 Å². The normalized spacial score (nSPS) is 8.98. The molecule has 49 heteroatoms. The molecule has 0 saturated heterocycles. The first-order chi connectivity index (χ1) is 53.8. The van der Waals surface area contributed by atoms with Gasteiger partial charge in [-0.05, 0) is 181 Å². The molecular weight excluding hydrogens is 1800 g/mol. The van der Waals surface area contributed by atoms with E-state index in [0.29, 0.717) is 104 Å². The van der Waals surface area contributed by atoms with E-state index in [1.54, 1.807) is 77.3 Å². The zero-order valence-electron chi connectivity index (χ0n) is 61.7. The van der Waals surface area contributed by atoms with Gasteiger partial charge in [0.05, 0.1) is 58.8 Å². The number of anilines is 3. The summed E-state index contributed by atoms with van der Waals surface area (Å²) in [5.41, 5.74) is 26.6. The Morgan fingerprint density at radius 2 is 1.00 bits per heavy atom. The van der Waals surface area contributed by atoms with Crippen LogP contribution >= 0.6 is 82.3 Å². The highest BCUT2D eigenvalue weighted by Crippen LogP contribution is 2.17. The first-order valence-electron chi connectivity index (χ1n) is 31.8. The van der Waals surface area contributed by atoms with Crippen LogP contribution in [0, 0.1) is 64.9 Å². The largest absolute Gasteiger partial charge is 0.469 e. The molecule has 16 N–H and O–H groups in total. The molecule has 6 aromatic heterocycles. The number of terminal acetylenes is 4. The number of amides is 2. The Labute approximate surface area is 705 Å². The van der Waals surface area contributed by atoms with Crippen molar-refractivity contribution in [2.24, 2.45) is 17.4 Å². The molecule has 0 atom stereocenters. The number of hydrogen-bond donors (Lipinski definition) is 8. The van der Waals surface area contributed by atoms with Gasteiger partial charge in [0.15, 0.2) is 0 Å². The predicted molar refractivity (Wildman–Crippen MR) is 452 cm³/mol. The van der Waals surface area contributed by atoms with Gasteiger partial charge in [-0.25, -0.2) is 24.0 Å². The number of hydrazine groups is 2. The maximum absolute atomic E-state index is 11.5. The highest BCUT2D eigenvalue weighted by molar-refractivity contribution is 14.1. The average molecular weight is 1890 g/mol. The molecule has 6 heterocycles. The van der Waals surface area contributed by atoms with Gasteiger partial charge in [0.25, 0.3) is 0 Å². The molecule has 0 unspecified atom stereocenters. The summed E-state index contributed by atoms with van der Waals surface area (Å²) in [4.78, 5) is 107. The Hall–Kier alpha value is -9.22. The lowest BCUT2D eigenvalue weighted by molar-refractivity contribution is -0.155. The van der Waals surface area contributed by atoms with Crippen LogP contribution in [0.15, 0.2) is 36.4 Å². The minimum absolute atomic E-state index is 0. The second-order valence-electron chi connectivity index (χ2n) is 18.5. The van der Waals surface area contributed by atoms with Crippen molar-refractivity contribution < 1.29 is 81.8 Å². The number of unbranched alkanes of at least 4 members (excludes halogenated alkanes) is 1. The van der Waals surface area contributed by atoms with Gasteiger partial charge in [0.2, 0.25) is 20.9 Å². The maximum Gasteiger partial charge on any atom is 0.398 e. The number of nitrogens with one attached hydrogen (secondary N) is 2. The van der Waals surface area contributed by atoms with Crippen molar-refractivity contribution in [1.29, 1.82) is 0 Å². The Kier molecular flexibility index (Phi) is 77.6. The third-order valence-corrected chi connectivity index (χ3v) is 24.0. The molecule has 0 saturated carbocycles. The molecule has 0 aromatic carbocycles. The number of hydrogen-bond acceptors (Lipinski definition) is 39. The summed E-state index contributed by atoms with van der Waals surface area (Å²) in [5, 5.41) is 47.9. The first kappa shape index (κ1) is 112. The zero-order chi connectivity index (χ0) is 85.1. The van der Waals surface area contributed by atoms with Gasteiger partial charge in [-0.15, -0.1) is 105 Å². The highest BCUT2D eigenvalue weighted by Gasteiger charge is 2.17. The maximum atomic E-state index is 11.5. The molecule has 0 aliphatic rings. The molecule has 6 rings (SSSR count). The van der Waals surface area contributed by atoms with Crippen LogP contribution < -0.4 is 45.5 Å². The topological polar surface area (TPSA) is 592 Å². The Bertz CT molecular complexity index is 4150. The number of aryl methyl sites for hydroxylation is 4. The van der Waals surface area contributed by atoms with Gasteiger partial charge in [-0.1, -0.05) is 39.9 Å². The Morgan fingerprint density at radius 3 is 1.40 bits per heavy atom. The summed E-state index contributed by atoms with van der Waals surface area (Å²) in [6.07, 6.45) is 27.9. The molecule has 0 radical (unpaired) electrons. The second-order valence-corrected chi connectivity index (χ2v) is 32.8. The first-order valence-corrected chi connectivity index (χ1v) is 44.2. The SMILES string of the molecule is C#CCCC(=O)CN.C#CCCC(=O)NNC(=O)C(=O)OCC.C#CCCC(=O)OC.C#CCCc1nnc(C(=O)OCC)s1.CCOC(=O)C(=O)Cl.CCOC(=O)c1nnc(CCC#Cc2ccc(N)nn2)s1.CCOC(=O)c1nnc(CCCCc2ccc(N)nn2)s1.NN.Nc1ccc(I)nn1.O.S=PP=S=S=S=S. The van der Waals surface area contributed by atoms with E-state index < -0.39 is 46.9 Å². The molecule has 0 spiro atoms. The minimum Gasteiger partial charge on any atom is -0.469 e. The second kappa shape index (κ2) is 78.1. The van der Waals surface area contributed by atoms with E-state index >= 15 is 0 Å². The quantitative estimate of drug-likeness (QED) is 0.00358. The number of carbonyl (C=O) groups excluding carboxylic acids is 10. The lowest BCUT2D eigenvalue weighted by Gasteiger charge is -2.05. The van der Waals surface area contributed by atoms with Crippen LogP contribution in [0.5, 0.6) is 0 Å². The number of methoxy groups -OCH3 is 1. The standard InChI is InChI=1S/C13H17N5O2S.C13H13N5O2S.C9H12N2O4.C9H10N2O2S.C6H9NO.C6H8O2.C4H5ClO3.C4H4IN3.H4N2.H2O.P2S5/c2*1-2-20-13(19)12-18-17-11(21-12)6-4-3-5-9-7-8-10(14)16-15-9;1-3-5-6-7(12)10-11-8(13)9(14)15-4-2;1-3-5-6-7-10-11-8(14-7)9(12)13-4-2;1-2-3-4-6(8)5-7;1-3-4-5-6(7)8-2;1-2-8-4(7)3(5)6;5-3-1-2-4(6)8-7-3;1-2;;3-1-2-5-7-6-4/h7-8H,2-6H2,1H3,(H2,14,16);7-8H,2,4,6H2,1H3,(H2,14,16);1H,4-6H2,2H3,(H,10,12)(H,11,13);1H,4-6H2,2H3;1H,3-5,7H2;1H,4-5H2,2H3;2H2,1H3;1-2H,(H2,6,8);1-2H2;1H2;. The van der Waals surface area contributed by atoms with Gasteiger partial charge in [0.1, 0.15) is 47.7 Å². The molecule has 113 heavy (non-hydrogen) atoms. The van der Waals surface area contributed by atoms with Gasteiger partial charge in [0, 0.05) is 78.3 Å². The van der Waals surface area contributed by atoms with Crippen LogP contribution in [-0.2, 0) is 138 Å². The number of ketones is 1. The fourth-order valence-corrected chi connectivity index (χ4v) is 17.8. The van der Waals surface area contributed by atoms with Gasteiger partial charge in [-0.3, -0.25) is 46.5 Å². The van der Waals surface area contributed by atoms with Crippen molar-refractivity contribution in [3.63, 3.8) is 0 Å². The number of carbonyl (C=O) groups is 10. The summed E-state index contributed by atoms with van der Waals surface area (Å²) in [5.74, 6) is 19.5. The smallest absolute Gasteiger partial charge is 0.398 e. The van der Waals surface area contributed by atoms with E-state index in [0.717, 1.165) is 57.1 Å². The number of nitrogens with two attached hydrogens (primary N) is 6. The number of ether oxygens (including phenoxy) is 6. The number of nitrogen functional groups attached to an aromatic ring is 3. The van der Waals surface area contributed by atoms with Crippen molar-refractivity contribution in [3.8, 4) is 61.2 Å². The van der Waals surface area contributed by atoms with Crippen LogP contribution in [-0.4, -0.2) is 172 Å². The van der Waals surface area contributed by atoms with Crippen LogP contribution in [0.25, 0.3) is 0 Å². The number of Topliss-reactive ketones (excluding diaryl/α,β-unsaturated/α-hetero) is 1. The predicted octanol–water partition coefficient (Wildman–Crippen LogP) is 4.30. The summed E-state index contributed by atoms with van der Waals surface area (Å²) in [6.45, 7) is 9.81. The molecule has 37 nitrogen and oxygen atoms in total. The number of halogens is 2. The lowest BCUT2D eigenvalue weighted by Crippen LogP contribution is -2.45. The van der Waals surface area contributed by atoms with Crippen LogP contribution in [0.2, 0.25) is 0 Å². The van der Waals surface area contributed by atoms with E-state index in [-0.39, 0.29) is 54.8 Å². The van der Waals surface area contributed by atoms with E-state index in [1.807, 2.05) is 23.0 Å². The molecule has 0 bridgehead atoms. The van der Waals surface area contributed by atoms with Crippen LogP contribution in [0.1, 0.15) is 155 Å². The fraction of sp³-hybridized carbons (Fsp3) is 0.406. The third kappa shape index (κ3) is 66.0. The summed E-state index contributed by atoms with van der Waals surface area (Å²) >= 11 is 19.7. The van der Waals surface area contributed by atoms with Gasteiger partial charge in [-0.2, -0.15) is 5.10 Å². The van der Waals surface area contributed by atoms with Gasteiger partial charge < -0.3 is 56.8 Å². The summed E-state index contributed by atoms with van der Waals surface area (Å²) in [7, 11) is 8.17. The monoisotopic (exact) mass is 1880 g/mol. The highest BCUT2D eigenvalue weighted by atomic mass is 127. The van der Waals surface area contributed by atoms with Crippen molar-refractivity contribution >= 4 is 209 Å². The zero-order valence-corrected chi connectivity index (χ0v) is 72.9. The average Bonchev–Trinajstić information content (AvgIpc) is 1.75. The van der Waals surface area contributed by atoms with Crippen molar-refractivity contribution in [2.45, 2.75) is 125 Å². The van der Waals surface area contributed by atoms with Crippen molar-refractivity contribution in [1.82, 2.24) is 72.0 Å². The number of rotatable bonds is 26. The molecule has 6 aromatic rings. The molecule has 0 aliphatic heterocycles.